The fraction of sp³-hybridized carbons (Fsp3) is 0.471. The van der Waals surface area contributed by atoms with Gasteiger partial charge in [-0.15, -0.1) is 11.3 Å². The van der Waals surface area contributed by atoms with Crippen LogP contribution in [-0.4, -0.2) is 33.9 Å². The van der Waals surface area contributed by atoms with E-state index in [9.17, 15) is 4.79 Å². The number of rotatable bonds is 4. The molecule has 1 atom stereocenters. The van der Waals surface area contributed by atoms with Crippen molar-refractivity contribution in [3.63, 3.8) is 0 Å². The molecule has 0 aliphatic carbocycles. The molecule has 1 saturated heterocycles. The van der Waals surface area contributed by atoms with Crippen LogP contribution in [0.1, 0.15) is 41.9 Å². The summed E-state index contributed by atoms with van der Waals surface area (Å²) in [5.41, 5.74) is 2.31. The van der Waals surface area contributed by atoms with Gasteiger partial charge in [-0.25, -0.2) is 4.98 Å². The summed E-state index contributed by atoms with van der Waals surface area (Å²) >= 11 is 1.54. The lowest BCUT2D eigenvalue weighted by atomic mass is 10.1. The number of nitrogens with zero attached hydrogens (tertiary/aromatic N) is 3. The zero-order chi connectivity index (χ0) is 16.5. The van der Waals surface area contributed by atoms with E-state index in [1.807, 2.05) is 12.4 Å². The maximum atomic E-state index is 11.1. The number of carbonyl (C=O) groups excluding carboxylic acids is 1. The van der Waals surface area contributed by atoms with E-state index in [0.717, 1.165) is 48.9 Å². The number of thiazole rings is 1. The Bertz CT molecular complexity index is 761. The van der Waals surface area contributed by atoms with Crippen molar-refractivity contribution >= 4 is 22.4 Å². The number of likely N-dealkylation sites (tertiary alicyclic amines) is 1. The number of pyridine rings is 1. The molecular formula is C17H20N4O2S. The molecule has 4 heterocycles. The zero-order valence-corrected chi connectivity index (χ0v) is 14.4. The van der Waals surface area contributed by atoms with E-state index in [1.165, 1.54) is 18.9 Å². The van der Waals surface area contributed by atoms with Crippen LogP contribution in [0.5, 0.6) is 5.75 Å². The van der Waals surface area contributed by atoms with Gasteiger partial charge >= 0.3 is 0 Å². The van der Waals surface area contributed by atoms with E-state index in [1.54, 1.807) is 11.3 Å². The SMILES string of the molecule is CC(=O)Nc1ncc(CN2CCC[C@H]2c2cnc3c(c2)OCC3)s1. The summed E-state index contributed by atoms with van der Waals surface area (Å²) in [6.45, 7) is 4.16. The van der Waals surface area contributed by atoms with Crippen LogP contribution >= 0.6 is 11.3 Å². The highest BCUT2D eigenvalue weighted by Crippen LogP contribution is 2.36. The van der Waals surface area contributed by atoms with Crippen LogP contribution in [0, 0.1) is 0 Å². The highest BCUT2D eigenvalue weighted by molar-refractivity contribution is 7.15. The van der Waals surface area contributed by atoms with E-state index in [-0.39, 0.29) is 5.91 Å². The van der Waals surface area contributed by atoms with Gasteiger partial charge in [0.2, 0.25) is 5.91 Å². The third kappa shape index (κ3) is 3.14. The van der Waals surface area contributed by atoms with Gasteiger partial charge in [-0.2, -0.15) is 0 Å². The molecule has 1 fully saturated rings. The maximum Gasteiger partial charge on any atom is 0.223 e. The fourth-order valence-corrected chi connectivity index (χ4v) is 4.31. The van der Waals surface area contributed by atoms with E-state index < -0.39 is 0 Å². The third-order valence-corrected chi connectivity index (χ3v) is 5.39. The molecular weight excluding hydrogens is 324 g/mol. The van der Waals surface area contributed by atoms with Gasteiger partial charge in [0.05, 0.1) is 12.3 Å². The second-order valence-corrected chi connectivity index (χ2v) is 7.37. The monoisotopic (exact) mass is 344 g/mol. The smallest absolute Gasteiger partial charge is 0.223 e. The minimum Gasteiger partial charge on any atom is -0.491 e. The molecule has 2 aromatic heterocycles. The number of fused-ring (bicyclic) bond motifs is 1. The van der Waals surface area contributed by atoms with Crippen molar-refractivity contribution in [2.75, 3.05) is 18.5 Å². The van der Waals surface area contributed by atoms with Crippen LogP contribution in [0.2, 0.25) is 0 Å². The molecule has 2 aromatic rings. The minimum absolute atomic E-state index is 0.0841. The molecule has 0 radical (unpaired) electrons. The molecule has 1 amide bonds. The lowest BCUT2D eigenvalue weighted by Crippen LogP contribution is -2.22. The Morgan fingerprint density at radius 2 is 2.38 bits per heavy atom. The number of amides is 1. The van der Waals surface area contributed by atoms with Crippen molar-refractivity contribution < 1.29 is 9.53 Å². The zero-order valence-electron chi connectivity index (χ0n) is 13.6. The number of anilines is 1. The van der Waals surface area contributed by atoms with Crippen LogP contribution in [0.3, 0.4) is 0 Å². The number of ether oxygens (including phenoxy) is 1. The third-order valence-electron chi connectivity index (χ3n) is 4.49. The average molecular weight is 344 g/mol. The number of hydrogen-bond donors (Lipinski definition) is 1. The number of hydrogen-bond acceptors (Lipinski definition) is 6. The second-order valence-electron chi connectivity index (χ2n) is 6.25. The Morgan fingerprint density at radius 3 is 3.25 bits per heavy atom. The first-order chi connectivity index (χ1) is 11.7. The van der Waals surface area contributed by atoms with Gasteiger partial charge in [-0.05, 0) is 31.0 Å². The standard InChI is InChI=1S/C17H20N4O2S/c1-11(22)20-17-19-9-13(24-17)10-21-5-2-3-15(21)12-7-16-14(18-8-12)4-6-23-16/h7-9,15H,2-6,10H2,1H3,(H,19,20,22)/t15-/m0/s1. The van der Waals surface area contributed by atoms with Gasteiger partial charge in [0, 0.05) is 43.2 Å². The Kier molecular flexibility index (Phi) is 4.20. The Morgan fingerprint density at radius 1 is 1.46 bits per heavy atom. The van der Waals surface area contributed by atoms with Crippen LogP contribution < -0.4 is 10.1 Å². The molecule has 1 N–H and O–H groups in total. The quantitative estimate of drug-likeness (QED) is 0.924. The Hall–Kier alpha value is -1.99. The van der Waals surface area contributed by atoms with Crippen molar-refractivity contribution in [2.45, 2.75) is 38.8 Å². The normalized spacial score (nSPS) is 20.0. The first-order valence-electron chi connectivity index (χ1n) is 8.27. The lowest BCUT2D eigenvalue weighted by Gasteiger charge is -2.24. The molecule has 7 heteroatoms. The number of carbonyl (C=O) groups is 1. The first-order valence-corrected chi connectivity index (χ1v) is 9.08. The van der Waals surface area contributed by atoms with Crippen molar-refractivity contribution in [1.29, 1.82) is 0 Å². The second kappa shape index (κ2) is 6.49. The van der Waals surface area contributed by atoms with Crippen LogP contribution in [0.4, 0.5) is 5.13 Å². The van der Waals surface area contributed by atoms with Crippen molar-refractivity contribution in [3.8, 4) is 5.75 Å². The molecule has 0 bridgehead atoms. The molecule has 24 heavy (non-hydrogen) atoms. The topological polar surface area (TPSA) is 67.4 Å². The van der Waals surface area contributed by atoms with Gasteiger partial charge in [-0.3, -0.25) is 14.7 Å². The molecule has 2 aliphatic rings. The van der Waals surface area contributed by atoms with E-state index in [2.05, 4.69) is 26.3 Å². The predicted octanol–water partition coefficient (Wildman–Crippen LogP) is 2.77. The van der Waals surface area contributed by atoms with Gasteiger partial charge in [-0.1, -0.05) is 0 Å². The van der Waals surface area contributed by atoms with E-state index >= 15 is 0 Å². The molecule has 0 saturated carbocycles. The van der Waals surface area contributed by atoms with Crippen molar-refractivity contribution in [1.82, 2.24) is 14.9 Å². The van der Waals surface area contributed by atoms with E-state index in [4.69, 9.17) is 4.74 Å². The van der Waals surface area contributed by atoms with Crippen LogP contribution in [0.25, 0.3) is 0 Å². The van der Waals surface area contributed by atoms with Crippen molar-refractivity contribution in [2.24, 2.45) is 0 Å². The summed E-state index contributed by atoms with van der Waals surface area (Å²) in [5.74, 6) is 0.865. The fourth-order valence-electron chi connectivity index (χ4n) is 3.42. The Balaban J connectivity index is 1.48. The molecule has 6 nitrogen and oxygen atoms in total. The lowest BCUT2D eigenvalue weighted by molar-refractivity contribution is -0.114. The van der Waals surface area contributed by atoms with Gasteiger partial charge < -0.3 is 10.1 Å². The Labute approximate surface area is 144 Å². The molecule has 4 rings (SSSR count). The highest BCUT2D eigenvalue weighted by Gasteiger charge is 2.28. The molecule has 0 unspecified atom stereocenters. The van der Waals surface area contributed by atoms with E-state index in [0.29, 0.717) is 11.2 Å². The number of aromatic nitrogens is 2. The maximum absolute atomic E-state index is 11.1. The summed E-state index contributed by atoms with van der Waals surface area (Å²) < 4.78 is 5.66. The van der Waals surface area contributed by atoms with Crippen LogP contribution in [-0.2, 0) is 17.8 Å². The van der Waals surface area contributed by atoms with Gasteiger partial charge in [0.25, 0.3) is 0 Å². The molecule has 0 aromatic carbocycles. The first kappa shape index (κ1) is 15.5. The summed E-state index contributed by atoms with van der Waals surface area (Å²) in [4.78, 5) is 23.6. The summed E-state index contributed by atoms with van der Waals surface area (Å²) in [7, 11) is 0. The number of nitrogens with one attached hydrogen (secondary N) is 1. The summed E-state index contributed by atoms with van der Waals surface area (Å²) in [6, 6.07) is 2.53. The largest absolute Gasteiger partial charge is 0.491 e. The van der Waals surface area contributed by atoms with Crippen LogP contribution in [0.15, 0.2) is 18.5 Å². The molecule has 0 spiro atoms. The summed E-state index contributed by atoms with van der Waals surface area (Å²) in [5, 5.41) is 3.41. The summed E-state index contributed by atoms with van der Waals surface area (Å²) in [6.07, 6.45) is 7.09. The minimum atomic E-state index is -0.0841. The molecule has 126 valence electrons. The van der Waals surface area contributed by atoms with Gasteiger partial charge in [0.15, 0.2) is 5.13 Å². The van der Waals surface area contributed by atoms with Crippen molar-refractivity contribution in [3.05, 3.63) is 34.6 Å². The van der Waals surface area contributed by atoms with Gasteiger partial charge in [0.1, 0.15) is 5.75 Å². The predicted molar refractivity (Wildman–Crippen MR) is 92.2 cm³/mol. The average Bonchev–Trinajstić information content (AvgIpc) is 3.27. The highest BCUT2D eigenvalue weighted by atomic mass is 32.1. The molecule has 2 aliphatic heterocycles.